The van der Waals surface area contributed by atoms with Gasteiger partial charge in [0.1, 0.15) is 6.54 Å². The van der Waals surface area contributed by atoms with Gasteiger partial charge in [-0.05, 0) is 100 Å². The average Bonchev–Trinajstić information content (AvgIpc) is 3.36. The molecule has 0 aliphatic carbocycles. The van der Waals surface area contributed by atoms with Crippen LogP contribution in [-0.4, -0.2) is 84.9 Å². The number of ether oxygens (including phenoxy) is 1. The molecule has 0 radical (unpaired) electrons. The lowest BCUT2D eigenvalue weighted by Gasteiger charge is -2.32. The third kappa shape index (κ3) is 9.72. The van der Waals surface area contributed by atoms with E-state index in [1.54, 1.807) is 63.4 Å². The smallest absolute Gasteiger partial charge is 0.383 e. The lowest BCUT2D eigenvalue weighted by molar-refractivity contribution is -0.140. The number of likely N-dealkylation sites (N-methyl/N-ethyl adjacent to an activating group) is 1. The molecule has 1 aliphatic heterocycles. The van der Waals surface area contributed by atoms with E-state index in [0.717, 1.165) is 49.7 Å². The van der Waals surface area contributed by atoms with Crippen molar-refractivity contribution in [3.05, 3.63) is 59.5 Å². The van der Waals surface area contributed by atoms with Gasteiger partial charge in [0.15, 0.2) is 0 Å². The van der Waals surface area contributed by atoms with Gasteiger partial charge in [0.2, 0.25) is 5.91 Å². The zero-order chi connectivity index (χ0) is 33.3. The number of anilines is 1. The van der Waals surface area contributed by atoms with Crippen LogP contribution >= 0.6 is 0 Å². The number of rotatable bonds is 12. The highest BCUT2D eigenvalue weighted by atomic mass is 19.4. The number of nitriles is 1. The molecule has 0 saturated carbocycles. The number of pyridine rings is 1. The molecular weight excluding hydrogens is 593 g/mol. The summed E-state index contributed by atoms with van der Waals surface area (Å²) in [4.78, 5) is 20.7. The quantitative estimate of drug-likeness (QED) is 0.260. The van der Waals surface area contributed by atoms with Crippen LogP contribution in [0.5, 0.6) is 0 Å². The Balaban J connectivity index is 1.35. The maximum absolute atomic E-state index is 13.5. The standard InChI is InChI=1S/C35H43F3N6O2/c1-34(2,24-39)32-12-10-29(22-41-32)40-15-5-6-30-21-28-20-27(9-11-31(28)44(30)25-35(36,37)38)8-7-26-13-16-43(17-14-26)23-33(45)42(3)18-19-46-4/h9-12,20-22,26,40H,7-8,13-19,23,25H2,1-4H3. The normalized spacial score (nSPS) is 14.5. The minimum Gasteiger partial charge on any atom is -0.383 e. The SMILES string of the molecule is COCCN(C)C(=O)CN1CCC(CCc2ccc3c(c2)cc(C#CCNc2ccc(C(C)(C)C#N)nc2)n3CC(F)(F)F)CC1. The first kappa shape index (κ1) is 34.8. The number of methoxy groups -OCH3 is 1. The molecule has 8 nitrogen and oxygen atoms in total. The van der Waals surface area contributed by atoms with E-state index in [-0.39, 0.29) is 12.5 Å². The zero-order valence-electron chi connectivity index (χ0n) is 27.1. The number of alkyl halides is 3. The van der Waals surface area contributed by atoms with Gasteiger partial charge in [0.05, 0.1) is 54.5 Å². The number of fused-ring (bicyclic) bond motifs is 1. The molecule has 1 aliphatic rings. The fourth-order valence-electron chi connectivity index (χ4n) is 5.60. The number of aromatic nitrogens is 2. The lowest BCUT2D eigenvalue weighted by atomic mass is 9.90. The lowest BCUT2D eigenvalue weighted by Crippen LogP contribution is -2.43. The molecule has 0 bridgehead atoms. The Morgan fingerprint density at radius 1 is 1.17 bits per heavy atom. The summed E-state index contributed by atoms with van der Waals surface area (Å²) in [7, 11) is 3.42. The minimum absolute atomic E-state index is 0.102. The molecule has 0 unspecified atom stereocenters. The summed E-state index contributed by atoms with van der Waals surface area (Å²) in [5.41, 5.74) is 2.56. The van der Waals surface area contributed by atoms with Crippen LogP contribution in [0.15, 0.2) is 42.6 Å². The van der Waals surface area contributed by atoms with Crippen molar-refractivity contribution < 1.29 is 22.7 Å². The second-order valence-electron chi connectivity index (χ2n) is 12.5. The highest BCUT2D eigenvalue weighted by molar-refractivity contribution is 5.83. The third-order valence-electron chi connectivity index (χ3n) is 8.55. The van der Waals surface area contributed by atoms with Crippen molar-refractivity contribution >= 4 is 22.5 Å². The number of nitrogens with zero attached hydrogens (tertiary/aromatic N) is 5. The van der Waals surface area contributed by atoms with Gasteiger partial charge in [-0.2, -0.15) is 18.4 Å². The summed E-state index contributed by atoms with van der Waals surface area (Å²) in [6.07, 6.45) is 1.10. The first-order chi connectivity index (χ1) is 21.9. The number of benzene rings is 1. The Kier molecular flexibility index (Phi) is 11.7. The second kappa shape index (κ2) is 15.5. The highest BCUT2D eigenvalue weighted by Crippen LogP contribution is 2.28. The predicted molar refractivity (Wildman–Crippen MR) is 173 cm³/mol. The van der Waals surface area contributed by atoms with E-state index in [1.165, 1.54) is 4.57 Å². The van der Waals surface area contributed by atoms with Gasteiger partial charge in [-0.3, -0.25) is 14.7 Å². The zero-order valence-corrected chi connectivity index (χ0v) is 27.1. The van der Waals surface area contributed by atoms with Gasteiger partial charge in [0.25, 0.3) is 0 Å². The van der Waals surface area contributed by atoms with Gasteiger partial charge in [-0.1, -0.05) is 12.0 Å². The van der Waals surface area contributed by atoms with Gasteiger partial charge >= 0.3 is 6.18 Å². The van der Waals surface area contributed by atoms with Crippen molar-refractivity contribution in [2.24, 2.45) is 5.92 Å². The van der Waals surface area contributed by atoms with Crippen LogP contribution in [0.3, 0.4) is 0 Å². The highest BCUT2D eigenvalue weighted by Gasteiger charge is 2.30. The fraction of sp³-hybridized carbons (Fsp3) is 0.514. The van der Waals surface area contributed by atoms with E-state index < -0.39 is 18.1 Å². The third-order valence-corrected chi connectivity index (χ3v) is 8.55. The predicted octanol–water partition coefficient (Wildman–Crippen LogP) is 5.61. The van der Waals surface area contributed by atoms with Crippen LogP contribution in [0, 0.1) is 29.1 Å². The molecule has 1 fully saturated rings. The van der Waals surface area contributed by atoms with Crippen LogP contribution < -0.4 is 5.32 Å². The summed E-state index contributed by atoms with van der Waals surface area (Å²) in [5.74, 6) is 6.52. The molecular formula is C35H43F3N6O2. The molecule has 4 rings (SSSR count). The molecule has 1 amide bonds. The van der Waals surface area contributed by atoms with Gasteiger partial charge < -0.3 is 19.5 Å². The average molecular weight is 637 g/mol. The molecule has 0 spiro atoms. The van der Waals surface area contributed by atoms with Gasteiger partial charge in [-0.25, -0.2) is 0 Å². The minimum atomic E-state index is -4.39. The first-order valence-electron chi connectivity index (χ1n) is 15.6. The summed E-state index contributed by atoms with van der Waals surface area (Å²) in [5, 5.41) is 13.1. The number of carbonyl (C=O) groups is 1. The Morgan fingerprint density at radius 3 is 2.59 bits per heavy atom. The van der Waals surface area contributed by atoms with E-state index in [2.05, 4.69) is 33.1 Å². The van der Waals surface area contributed by atoms with Gasteiger partial charge in [0, 0.05) is 31.6 Å². The maximum atomic E-state index is 13.5. The number of piperidine rings is 1. The van der Waals surface area contributed by atoms with Crippen molar-refractivity contribution in [2.45, 2.75) is 57.7 Å². The summed E-state index contributed by atoms with van der Waals surface area (Å²) in [6, 6.07) is 13.2. The summed E-state index contributed by atoms with van der Waals surface area (Å²) < 4.78 is 46.9. The van der Waals surface area contributed by atoms with Crippen LogP contribution in [-0.2, 0) is 27.9 Å². The Hall–Kier alpha value is -4.06. The van der Waals surface area contributed by atoms with E-state index >= 15 is 0 Å². The van der Waals surface area contributed by atoms with Crippen LogP contribution in [0.2, 0.25) is 0 Å². The molecule has 3 aromatic rings. The van der Waals surface area contributed by atoms with E-state index in [1.807, 2.05) is 12.1 Å². The number of halogens is 3. The number of hydrogen-bond donors (Lipinski definition) is 1. The molecule has 11 heteroatoms. The van der Waals surface area contributed by atoms with Crippen molar-refractivity contribution in [3.8, 4) is 17.9 Å². The Morgan fingerprint density at radius 2 is 1.93 bits per heavy atom. The number of carbonyl (C=O) groups excluding carboxylic acids is 1. The molecule has 3 heterocycles. The maximum Gasteiger partial charge on any atom is 0.406 e. The molecule has 246 valence electrons. The number of hydrogen-bond acceptors (Lipinski definition) is 6. The monoisotopic (exact) mass is 636 g/mol. The van der Waals surface area contributed by atoms with E-state index in [4.69, 9.17) is 4.74 Å². The summed E-state index contributed by atoms with van der Waals surface area (Å²) >= 11 is 0. The van der Waals surface area contributed by atoms with Crippen LogP contribution in [0.1, 0.15) is 50.1 Å². The van der Waals surface area contributed by atoms with Crippen molar-refractivity contribution in [1.29, 1.82) is 5.26 Å². The second-order valence-corrected chi connectivity index (χ2v) is 12.5. The van der Waals surface area contributed by atoms with E-state index in [9.17, 15) is 23.2 Å². The van der Waals surface area contributed by atoms with E-state index in [0.29, 0.717) is 48.2 Å². The largest absolute Gasteiger partial charge is 0.406 e. The van der Waals surface area contributed by atoms with Crippen molar-refractivity contribution in [3.63, 3.8) is 0 Å². The van der Waals surface area contributed by atoms with Crippen LogP contribution in [0.4, 0.5) is 18.9 Å². The van der Waals surface area contributed by atoms with Crippen molar-refractivity contribution in [1.82, 2.24) is 19.4 Å². The molecule has 1 aromatic carbocycles. The molecule has 0 atom stereocenters. The molecule has 2 aromatic heterocycles. The topological polar surface area (TPSA) is 86.4 Å². The number of amides is 1. The number of likely N-dealkylation sites (tertiary alicyclic amines) is 1. The Bertz CT molecular complexity index is 1570. The molecule has 46 heavy (non-hydrogen) atoms. The Labute approximate surface area is 269 Å². The number of nitrogens with one attached hydrogen (secondary N) is 1. The first-order valence-corrected chi connectivity index (χ1v) is 15.6. The van der Waals surface area contributed by atoms with Crippen molar-refractivity contribution in [2.75, 3.05) is 58.8 Å². The number of aryl methyl sites for hydroxylation is 1. The fourth-order valence-corrected chi connectivity index (χ4v) is 5.60. The molecule has 1 saturated heterocycles. The summed E-state index contributed by atoms with van der Waals surface area (Å²) in [6.45, 7) is 5.98. The van der Waals surface area contributed by atoms with Crippen LogP contribution in [0.25, 0.3) is 10.9 Å². The van der Waals surface area contributed by atoms with Gasteiger partial charge in [-0.15, -0.1) is 0 Å². The molecule has 1 N–H and O–H groups in total.